The first-order valence-corrected chi connectivity index (χ1v) is 11.7. The third-order valence-corrected chi connectivity index (χ3v) is 7.39. The molecule has 4 rings (SSSR count). The van der Waals surface area contributed by atoms with Crippen LogP contribution in [-0.4, -0.2) is 53.4 Å². The van der Waals surface area contributed by atoms with Crippen LogP contribution in [0.4, 0.5) is 17.6 Å². The molecular formula is C25H27ClF4N2O2. The van der Waals surface area contributed by atoms with E-state index in [4.69, 9.17) is 11.6 Å². The van der Waals surface area contributed by atoms with E-state index in [1.807, 2.05) is 17.0 Å². The van der Waals surface area contributed by atoms with E-state index in [2.05, 4.69) is 5.32 Å². The second-order valence-corrected chi connectivity index (χ2v) is 9.79. The second-order valence-electron chi connectivity index (χ2n) is 9.35. The summed E-state index contributed by atoms with van der Waals surface area (Å²) in [5.41, 5.74) is -1.60. The number of nitrogens with zero attached hydrogens (tertiary/aromatic N) is 1. The topological polar surface area (TPSA) is 52.6 Å². The summed E-state index contributed by atoms with van der Waals surface area (Å²) in [6.07, 6.45) is -3.69. The number of aliphatic hydroxyl groups is 1. The minimum atomic E-state index is -4.68. The van der Waals surface area contributed by atoms with Gasteiger partial charge in [-0.05, 0) is 67.5 Å². The monoisotopic (exact) mass is 498 g/mol. The highest BCUT2D eigenvalue weighted by molar-refractivity contribution is 6.30. The van der Waals surface area contributed by atoms with E-state index in [0.717, 1.165) is 11.1 Å². The maximum atomic E-state index is 13.3. The molecule has 2 aromatic rings. The molecule has 0 aromatic heterocycles. The first-order valence-electron chi connectivity index (χ1n) is 11.3. The quantitative estimate of drug-likeness (QED) is 0.547. The van der Waals surface area contributed by atoms with Gasteiger partial charge < -0.3 is 10.4 Å². The van der Waals surface area contributed by atoms with E-state index in [1.54, 1.807) is 24.3 Å². The van der Waals surface area contributed by atoms with Crippen LogP contribution >= 0.6 is 11.6 Å². The second kappa shape index (κ2) is 9.47. The zero-order valence-electron chi connectivity index (χ0n) is 18.5. The lowest BCUT2D eigenvalue weighted by atomic mass is 9.89. The van der Waals surface area contributed by atoms with E-state index in [9.17, 15) is 27.5 Å². The number of hydrogen-bond acceptors (Lipinski definition) is 3. The Hall–Kier alpha value is -2.16. The van der Waals surface area contributed by atoms with Crippen molar-refractivity contribution >= 4 is 17.5 Å². The van der Waals surface area contributed by atoms with Crippen LogP contribution in [0.5, 0.6) is 0 Å². The van der Waals surface area contributed by atoms with Crippen molar-refractivity contribution in [1.82, 2.24) is 10.2 Å². The molecule has 1 saturated heterocycles. The number of nitrogens with one attached hydrogen (secondary N) is 1. The summed E-state index contributed by atoms with van der Waals surface area (Å²) in [5.74, 6) is -0.497. The number of hydrogen-bond donors (Lipinski definition) is 2. The molecule has 2 fully saturated rings. The standard InChI is InChI=1S/C25H27ClF4N2O2/c26-19-5-3-18(4-6-19)23(9-10-23)22(33)31-16-21(15-17-1-7-20(27)8-2-17)32-13-11-24(34,12-14-32)25(28,29)30/h1-8,21,34H,9-16H2,(H,31,33). The van der Waals surface area contributed by atoms with E-state index < -0.39 is 30.0 Å². The van der Waals surface area contributed by atoms with Gasteiger partial charge >= 0.3 is 6.18 Å². The fourth-order valence-corrected chi connectivity index (χ4v) is 4.81. The van der Waals surface area contributed by atoms with Gasteiger partial charge in [0.1, 0.15) is 5.82 Å². The van der Waals surface area contributed by atoms with Crippen molar-refractivity contribution in [1.29, 1.82) is 0 Å². The van der Waals surface area contributed by atoms with Crippen molar-refractivity contribution in [3.8, 4) is 0 Å². The molecule has 1 amide bonds. The Kier molecular flexibility index (Phi) is 6.95. The predicted molar refractivity (Wildman–Crippen MR) is 121 cm³/mol. The Bertz CT molecular complexity index is 999. The molecule has 2 aromatic carbocycles. The Morgan fingerprint density at radius 2 is 1.62 bits per heavy atom. The zero-order chi connectivity index (χ0) is 24.6. The summed E-state index contributed by atoms with van der Waals surface area (Å²) in [6.45, 7) is 0.316. The van der Waals surface area contributed by atoms with Crippen molar-refractivity contribution in [3.05, 3.63) is 70.5 Å². The van der Waals surface area contributed by atoms with Crippen LogP contribution in [0.1, 0.15) is 36.8 Å². The van der Waals surface area contributed by atoms with Crippen molar-refractivity contribution in [3.63, 3.8) is 0 Å². The minimum Gasteiger partial charge on any atom is -0.380 e. The van der Waals surface area contributed by atoms with Gasteiger partial charge in [0.05, 0.1) is 5.41 Å². The van der Waals surface area contributed by atoms with E-state index in [1.165, 1.54) is 12.1 Å². The number of amides is 1. The summed E-state index contributed by atoms with van der Waals surface area (Å²) >= 11 is 5.97. The fourth-order valence-electron chi connectivity index (χ4n) is 4.69. The highest BCUT2D eigenvalue weighted by atomic mass is 35.5. The smallest absolute Gasteiger partial charge is 0.380 e. The van der Waals surface area contributed by atoms with Gasteiger partial charge in [0, 0.05) is 30.7 Å². The zero-order valence-corrected chi connectivity index (χ0v) is 19.3. The molecule has 184 valence electrons. The van der Waals surface area contributed by atoms with Crippen LogP contribution in [0.25, 0.3) is 0 Å². The van der Waals surface area contributed by atoms with Gasteiger partial charge in [-0.25, -0.2) is 4.39 Å². The first-order chi connectivity index (χ1) is 16.0. The van der Waals surface area contributed by atoms with Crippen LogP contribution in [0.2, 0.25) is 5.02 Å². The molecule has 0 spiro atoms. The maximum absolute atomic E-state index is 13.3. The molecule has 4 nitrogen and oxygen atoms in total. The number of benzene rings is 2. The van der Waals surface area contributed by atoms with Crippen LogP contribution in [-0.2, 0) is 16.6 Å². The molecule has 1 atom stereocenters. The summed E-state index contributed by atoms with van der Waals surface area (Å²) in [4.78, 5) is 15.0. The number of halogens is 5. The Morgan fingerprint density at radius 1 is 1.03 bits per heavy atom. The maximum Gasteiger partial charge on any atom is 0.417 e. The molecular weight excluding hydrogens is 472 g/mol. The molecule has 34 heavy (non-hydrogen) atoms. The van der Waals surface area contributed by atoms with Crippen molar-refractivity contribution in [2.75, 3.05) is 19.6 Å². The first kappa shape index (κ1) is 24.9. The lowest BCUT2D eigenvalue weighted by molar-refractivity contribution is -0.273. The number of rotatable bonds is 7. The van der Waals surface area contributed by atoms with Crippen LogP contribution in [0.3, 0.4) is 0 Å². The lowest BCUT2D eigenvalue weighted by Gasteiger charge is -2.42. The number of carbonyl (C=O) groups excluding carboxylic acids is 1. The highest BCUT2D eigenvalue weighted by Crippen LogP contribution is 2.48. The highest BCUT2D eigenvalue weighted by Gasteiger charge is 2.55. The van der Waals surface area contributed by atoms with Crippen LogP contribution < -0.4 is 5.32 Å². The largest absolute Gasteiger partial charge is 0.417 e. The average Bonchev–Trinajstić information content (AvgIpc) is 3.60. The summed E-state index contributed by atoms with van der Waals surface area (Å²) in [7, 11) is 0. The number of likely N-dealkylation sites (tertiary alicyclic amines) is 1. The molecule has 1 heterocycles. The van der Waals surface area contributed by atoms with Crippen molar-refractivity contribution in [2.45, 2.75) is 55.3 Å². The molecule has 0 radical (unpaired) electrons. The Morgan fingerprint density at radius 3 is 2.15 bits per heavy atom. The van der Waals surface area contributed by atoms with Gasteiger partial charge in [0.15, 0.2) is 5.60 Å². The molecule has 2 aliphatic rings. The van der Waals surface area contributed by atoms with Crippen LogP contribution in [0.15, 0.2) is 48.5 Å². The fraction of sp³-hybridized carbons (Fsp3) is 0.480. The van der Waals surface area contributed by atoms with Crippen LogP contribution in [0, 0.1) is 5.82 Å². The van der Waals surface area contributed by atoms with Crippen molar-refractivity contribution < 1.29 is 27.5 Å². The van der Waals surface area contributed by atoms with Gasteiger partial charge in [-0.1, -0.05) is 35.9 Å². The summed E-state index contributed by atoms with van der Waals surface area (Å²) in [6, 6.07) is 12.8. The summed E-state index contributed by atoms with van der Waals surface area (Å²) < 4.78 is 53.1. The average molecular weight is 499 g/mol. The normalized spacial score (nSPS) is 20.5. The van der Waals surface area contributed by atoms with Gasteiger partial charge in [-0.3, -0.25) is 9.69 Å². The number of piperidine rings is 1. The van der Waals surface area contributed by atoms with Gasteiger partial charge in [-0.2, -0.15) is 13.2 Å². The third-order valence-electron chi connectivity index (χ3n) is 7.13. The van der Waals surface area contributed by atoms with E-state index in [-0.39, 0.29) is 37.4 Å². The molecule has 0 bridgehead atoms. The molecule has 1 saturated carbocycles. The number of alkyl halides is 3. The molecule has 1 aliphatic carbocycles. The third kappa shape index (κ3) is 5.24. The van der Waals surface area contributed by atoms with E-state index >= 15 is 0 Å². The van der Waals surface area contributed by atoms with Gasteiger partial charge in [0.25, 0.3) is 0 Å². The predicted octanol–water partition coefficient (Wildman–Crippen LogP) is 4.63. The molecule has 1 unspecified atom stereocenters. The van der Waals surface area contributed by atoms with Gasteiger partial charge in [0.2, 0.25) is 5.91 Å². The lowest BCUT2D eigenvalue weighted by Crippen LogP contribution is -2.57. The summed E-state index contributed by atoms with van der Waals surface area (Å²) in [5, 5.41) is 13.6. The number of carbonyl (C=O) groups is 1. The Labute approximate surface area is 200 Å². The van der Waals surface area contributed by atoms with Crippen molar-refractivity contribution in [2.24, 2.45) is 0 Å². The van der Waals surface area contributed by atoms with E-state index in [0.29, 0.717) is 24.3 Å². The SMILES string of the molecule is O=C(NCC(Cc1ccc(F)cc1)N1CCC(O)(C(F)(F)F)CC1)C1(c2ccc(Cl)cc2)CC1. The minimum absolute atomic E-state index is 0.0417. The molecule has 9 heteroatoms. The molecule has 1 aliphatic heterocycles. The molecule has 2 N–H and O–H groups in total. The van der Waals surface area contributed by atoms with Gasteiger partial charge in [-0.15, -0.1) is 0 Å². The Balaban J connectivity index is 1.46.